The fourth-order valence-electron chi connectivity index (χ4n) is 1.24. The van der Waals surface area contributed by atoms with Gasteiger partial charge >= 0.3 is 0 Å². The molecule has 2 heteroatoms. The van der Waals surface area contributed by atoms with Crippen LogP contribution in [-0.2, 0) is 4.74 Å². The second-order valence-electron chi connectivity index (χ2n) is 3.73. The van der Waals surface area contributed by atoms with Crippen molar-refractivity contribution in [2.75, 3.05) is 13.2 Å². The Morgan fingerprint density at radius 3 is 2.50 bits per heavy atom. The molecule has 2 nitrogen and oxygen atoms in total. The minimum Gasteiger partial charge on any atom is -0.491 e. The molecule has 0 aromatic heterocycles. The predicted molar refractivity (Wildman–Crippen MR) is 55.6 cm³/mol. The minimum absolute atomic E-state index is 0.525. The maximum Gasteiger partial charge on any atom is 0.119 e. The van der Waals surface area contributed by atoms with E-state index in [0.717, 1.165) is 5.75 Å². The summed E-state index contributed by atoms with van der Waals surface area (Å²) in [5, 5.41) is 0. The SMILES string of the molecule is Cc1ccc(OCCOC2CC2)cc1. The van der Waals surface area contributed by atoms with Crippen molar-refractivity contribution in [1.82, 2.24) is 0 Å². The smallest absolute Gasteiger partial charge is 0.119 e. The summed E-state index contributed by atoms with van der Waals surface area (Å²) in [4.78, 5) is 0. The highest BCUT2D eigenvalue weighted by atomic mass is 16.5. The van der Waals surface area contributed by atoms with Crippen LogP contribution in [0.25, 0.3) is 0 Å². The Morgan fingerprint density at radius 1 is 1.14 bits per heavy atom. The zero-order valence-corrected chi connectivity index (χ0v) is 8.53. The number of rotatable bonds is 5. The van der Waals surface area contributed by atoms with E-state index < -0.39 is 0 Å². The zero-order chi connectivity index (χ0) is 9.80. The van der Waals surface area contributed by atoms with Gasteiger partial charge in [-0.05, 0) is 31.9 Å². The van der Waals surface area contributed by atoms with Gasteiger partial charge in [0.2, 0.25) is 0 Å². The monoisotopic (exact) mass is 192 g/mol. The molecule has 0 amide bonds. The van der Waals surface area contributed by atoms with E-state index in [1.165, 1.54) is 18.4 Å². The van der Waals surface area contributed by atoms with Gasteiger partial charge in [0.05, 0.1) is 12.7 Å². The number of ether oxygens (including phenoxy) is 2. The molecular weight excluding hydrogens is 176 g/mol. The Balaban J connectivity index is 1.66. The molecule has 1 fully saturated rings. The standard InChI is InChI=1S/C12H16O2/c1-10-2-4-11(5-3-10)13-8-9-14-12-6-7-12/h2-5,12H,6-9H2,1H3. The molecule has 0 unspecified atom stereocenters. The summed E-state index contributed by atoms with van der Waals surface area (Å²) in [6, 6.07) is 8.09. The first-order chi connectivity index (χ1) is 6.84. The maximum atomic E-state index is 5.51. The molecule has 1 saturated carbocycles. The van der Waals surface area contributed by atoms with Crippen LogP contribution in [0.4, 0.5) is 0 Å². The Hall–Kier alpha value is -1.02. The highest BCUT2D eigenvalue weighted by molar-refractivity contribution is 5.26. The molecule has 0 bridgehead atoms. The molecule has 76 valence electrons. The van der Waals surface area contributed by atoms with Gasteiger partial charge in [0.25, 0.3) is 0 Å². The van der Waals surface area contributed by atoms with E-state index in [2.05, 4.69) is 19.1 Å². The van der Waals surface area contributed by atoms with Gasteiger partial charge in [0, 0.05) is 0 Å². The summed E-state index contributed by atoms with van der Waals surface area (Å²) in [5.41, 5.74) is 1.26. The predicted octanol–water partition coefficient (Wildman–Crippen LogP) is 2.55. The van der Waals surface area contributed by atoms with Crippen LogP contribution in [0.5, 0.6) is 5.75 Å². The molecular formula is C12H16O2. The third-order valence-corrected chi connectivity index (χ3v) is 2.25. The molecule has 0 radical (unpaired) electrons. The quantitative estimate of drug-likeness (QED) is 0.667. The molecule has 0 aliphatic heterocycles. The fraction of sp³-hybridized carbons (Fsp3) is 0.500. The highest BCUT2D eigenvalue weighted by Gasteiger charge is 2.21. The summed E-state index contributed by atoms with van der Waals surface area (Å²) in [6.45, 7) is 3.43. The van der Waals surface area contributed by atoms with Crippen molar-refractivity contribution in [2.24, 2.45) is 0 Å². The van der Waals surface area contributed by atoms with Gasteiger partial charge in [0.15, 0.2) is 0 Å². The molecule has 0 spiro atoms. The summed E-state index contributed by atoms with van der Waals surface area (Å²) in [6.07, 6.45) is 2.98. The summed E-state index contributed by atoms with van der Waals surface area (Å²) in [7, 11) is 0. The van der Waals surface area contributed by atoms with Gasteiger partial charge in [-0.25, -0.2) is 0 Å². The van der Waals surface area contributed by atoms with E-state index in [1.807, 2.05) is 12.1 Å². The van der Waals surface area contributed by atoms with E-state index in [9.17, 15) is 0 Å². The van der Waals surface area contributed by atoms with Crippen molar-refractivity contribution in [2.45, 2.75) is 25.9 Å². The molecule has 1 aliphatic rings. The third kappa shape index (κ3) is 3.04. The normalized spacial score (nSPS) is 15.5. The van der Waals surface area contributed by atoms with Crippen LogP contribution in [-0.4, -0.2) is 19.3 Å². The first-order valence-electron chi connectivity index (χ1n) is 5.16. The largest absolute Gasteiger partial charge is 0.491 e. The van der Waals surface area contributed by atoms with Crippen LogP contribution in [0.3, 0.4) is 0 Å². The van der Waals surface area contributed by atoms with Gasteiger partial charge in [-0.1, -0.05) is 17.7 Å². The van der Waals surface area contributed by atoms with Crippen LogP contribution in [0.1, 0.15) is 18.4 Å². The molecule has 1 aromatic carbocycles. The third-order valence-electron chi connectivity index (χ3n) is 2.25. The van der Waals surface area contributed by atoms with E-state index in [0.29, 0.717) is 19.3 Å². The van der Waals surface area contributed by atoms with Gasteiger partial charge in [-0.3, -0.25) is 0 Å². The summed E-state index contributed by atoms with van der Waals surface area (Å²) in [5.74, 6) is 0.926. The van der Waals surface area contributed by atoms with Crippen molar-refractivity contribution < 1.29 is 9.47 Å². The number of hydrogen-bond donors (Lipinski definition) is 0. The molecule has 0 heterocycles. The van der Waals surface area contributed by atoms with Crippen molar-refractivity contribution in [3.05, 3.63) is 29.8 Å². The van der Waals surface area contributed by atoms with E-state index >= 15 is 0 Å². The van der Waals surface area contributed by atoms with Gasteiger partial charge < -0.3 is 9.47 Å². The maximum absolute atomic E-state index is 5.51. The number of aryl methyl sites for hydroxylation is 1. The molecule has 2 rings (SSSR count). The lowest BCUT2D eigenvalue weighted by Crippen LogP contribution is -2.07. The second-order valence-corrected chi connectivity index (χ2v) is 3.73. The molecule has 0 saturated heterocycles. The summed E-state index contributed by atoms with van der Waals surface area (Å²) >= 11 is 0. The highest BCUT2D eigenvalue weighted by Crippen LogP contribution is 2.23. The first-order valence-corrected chi connectivity index (χ1v) is 5.16. The lowest BCUT2D eigenvalue weighted by Gasteiger charge is -2.06. The van der Waals surface area contributed by atoms with Crippen molar-refractivity contribution >= 4 is 0 Å². The minimum atomic E-state index is 0.525. The zero-order valence-electron chi connectivity index (χ0n) is 8.53. The van der Waals surface area contributed by atoms with Crippen LogP contribution < -0.4 is 4.74 Å². The van der Waals surface area contributed by atoms with E-state index in [4.69, 9.17) is 9.47 Å². The molecule has 0 atom stereocenters. The van der Waals surface area contributed by atoms with Crippen LogP contribution in [0, 0.1) is 6.92 Å². The van der Waals surface area contributed by atoms with Crippen molar-refractivity contribution in [3.63, 3.8) is 0 Å². The number of hydrogen-bond acceptors (Lipinski definition) is 2. The van der Waals surface area contributed by atoms with Crippen LogP contribution in [0.15, 0.2) is 24.3 Å². The summed E-state index contributed by atoms with van der Waals surface area (Å²) < 4.78 is 11.0. The van der Waals surface area contributed by atoms with Crippen LogP contribution >= 0.6 is 0 Å². The lowest BCUT2D eigenvalue weighted by atomic mass is 10.2. The van der Waals surface area contributed by atoms with E-state index in [1.54, 1.807) is 0 Å². The second kappa shape index (κ2) is 4.47. The first kappa shape index (κ1) is 9.53. The Kier molecular flexibility index (Phi) is 3.04. The molecule has 0 N–H and O–H groups in total. The topological polar surface area (TPSA) is 18.5 Å². The number of benzene rings is 1. The molecule has 1 aromatic rings. The van der Waals surface area contributed by atoms with Gasteiger partial charge in [-0.15, -0.1) is 0 Å². The Bertz CT molecular complexity index is 275. The molecule has 14 heavy (non-hydrogen) atoms. The molecule has 1 aliphatic carbocycles. The Morgan fingerprint density at radius 2 is 1.86 bits per heavy atom. The lowest BCUT2D eigenvalue weighted by molar-refractivity contribution is 0.0881. The van der Waals surface area contributed by atoms with Gasteiger partial charge in [-0.2, -0.15) is 0 Å². The van der Waals surface area contributed by atoms with Crippen molar-refractivity contribution in [3.8, 4) is 5.75 Å². The average molecular weight is 192 g/mol. The van der Waals surface area contributed by atoms with Crippen LogP contribution in [0.2, 0.25) is 0 Å². The fourth-order valence-corrected chi connectivity index (χ4v) is 1.24. The average Bonchev–Trinajstić information content (AvgIpc) is 2.99. The Labute approximate surface area is 84.8 Å². The van der Waals surface area contributed by atoms with Gasteiger partial charge in [0.1, 0.15) is 12.4 Å². The van der Waals surface area contributed by atoms with Crippen molar-refractivity contribution in [1.29, 1.82) is 0 Å². The van der Waals surface area contributed by atoms with E-state index in [-0.39, 0.29) is 0 Å².